The SMILES string of the molecule is COc1ccc([C@H]2C[C@H](NS(=O)(=O)c3cc(C)cc(C)c3)C[C@@H]2C(=O)N2CCN(C)CC2)cc1. The lowest BCUT2D eigenvalue weighted by molar-refractivity contribution is -0.137. The second-order valence-corrected chi connectivity index (χ2v) is 11.4. The molecule has 3 atom stereocenters. The third-order valence-electron chi connectivity index (χ3n) is 7.07. The molecule has 1 saturated carbocycles. The number of nitrogens with zero attached hydrogens (tertiary/aromatic N) is 2. The van der Waals surface area contributed by atoms with Crippen LogP contribution in [0.15, 0.2) is 47.4 Å². The van der Waals surface area contributed by atoms with E-state index in [4.69, 9.17) is 4.74 Å². The number of aryl methyl sites for hydroxylation is 2. The van der Waals surface area contributed by atoms with Crippen LogP contribution in [0.3, 0.4) is 0 Å². The minimum absolute atomic E-state index is 0.0509. The maximum absolute atomic E-state index is 13.6. The summed E-state index contributed by atoms with van der Waals surface area (Å²) in [6, 6.07) is 12.8. The Balaban J connectivity index is 1.58. The van der Waals surface area contributed by atoms with Crippen molar-refractivity contribution < 1.29 is 17.9 Å². The lowest BCUT2D eigenvalue weighted by atomic mass is 9.87. The van der Waals surface area contributed by atoms with E-state index in [1.165, 1.54) is 0 Å². The van der Waals surface area contributed by atoms with Gasteiger partial charge in [-0.15, -0.1) is 0 Å². The Labute approximate surface area is 203 Å². The molecule has 184 valence electrons. The Kier molecular flexibility index (Phi) is 7.31. The fraction of sp³-hybridized carbons (Fsp3) is 0.500. The number of ether oxygens (including phenoxy) is 1. The average Bonchev–Trinajstić information content (AvgIpc) is 3.21. The van der Waals surface area contributed by atoms with Crippen LogP contribution in [0.2, 0.25) is 0 Å². The van der Waals surface area contributed by atoms with Crippen molar-refractivity contribution >= 4 is 15.9 Å². The number of rotatable bonds is 6. The van der Waals surface area contributed by atoms with Crippen molar-refractivity contribution in [2.75, 3.05) is 40.3 Å². The summed E-state index contributed by atoms with van der Waals surface area (Å²) in [5.74, 6) is 0.575. The van der Waals surface area contributed by atoms with Gasteiger partial charge in [-0.1, -0.05) is 18.2 Å². The third-order valence-corrected chi connectivity index (χ3v) is 8.57. The molecule has 1 amide bonds. The molecule has 0 unspecified atom stereocenters. The molecule has 1 saturated heterocycles. The van der Waals surface area contributed by atoms with Gasteiger partial charge in [0.05, 0.1) is 12.0 Å². The van der Waals surface area contributed by atoms with E-state index >= 15 is 0 Å². The first-order valence-corrected chi connectivity index (χ1v) is 13.4. The Morgan fingerprint density at radius 2 is 1.59 bits per heavy atom. The molecule has 1 N–H and O–H groups in total. The molecule has 34 heavy (non-hydrogen) atoms. The highest BCUT2D eigenvalue weighted by Crippen LogP contribution is 2.42. The molecule has 2 aromatic rings. The highest BCUT2D eigenvalue weighted by molar-refractivity contribution is 7.89. The number of nitrogens with one attached hydrogen (secondary N) is 1. The summed E-state index contributed by atoms with van der Waals surface area (Å²) >= 11 is 0. The lowest BCUT2D eigenvalue weighted by Crippen LogP contribution is -2.49. The van der Waals surface area contributed by atoms with E-state index in [0.717, 1.165) is 35.5 Å². The topological polar surface area (TPSA) is 78.9 Å². The molecule has 1 heterocycles. The van der Waals surface area contributed by atoms with Crippen molar-refractivity contribution in [1.29, 1.82) is 0 Å². The standard InChI is InChI=1S/C26H35N3O4S/c1-18-13-19(2)15-23(14-18)34(31,32)27-21-16-24(20-5-7-22(33-4)8-6-20)25(17-21)26(30)29-11-9-28(3)10-12-29/h5-8,13-15,21,24-25,27H,9-12,16-17H2,1-4H3/t21-,24+,25-/m0/s1. The predicted octanol–water partition coefficient (Wildman–Crippen LogP) is 2.93. The Morgan fingerprint density at radius 3 is 2.18 bits per heavy atom. The lowest BCUT2D eigenvalue weighted by Gasteiger charge is -2.35. The summed E-state index contributed by atoms with van der Waals surface area (Å²) in [5, 5.41) is 0. The van der Waals surface area contributed by atoms with E-state index in [2.05, 4.69) is 16.7 Å². The molecule has 8 heteroatoms. The number of benzene rings is 2. The number of sulfonamides is 1. The van der Waals surface area contributed by atoms with E-state index in [0.29, 0.717) is 25.9 Å². The largest absolute Gasteiger partial charge is 0.497 e. The maximum Gasteiger partial charge on any atom is 0.240 e. The molecule has 1 aliphatic heterocycles. The van der Waals surface area contributed by atoms with Crippen LogP contribution in [0.4, 0.5) is 0 Å². The number of hydrogen-bond donors (Lipinski definition) is 1. The first-order valence-electron chi connectivity index (χ1n) is 11.9. The monoisotopic (exact) mass is 485 g/mol. The van der Waals surface area contributed by atoms with Gasteiger partial charge in [0, 0.05) is 38.1 Å². The van der Waals surface area contributed by atoms with Gasteiger partial charge in [0.2, 0.25) is 15.9 Å². The molecule has 1 aliphatic carbocycles. The summed E-state index contributed by atoms with van der Waals surface area (Å²) in [6.07, 6.45) is 1.08. The van der Waals surface area contributed by atoms with E-state index in [-0.39, 0.29) is 28.7 Å². The molecule has 2 fully saturated rings. The van der Waals surface area contributed by atoms with Gasteiger partial charge in [0.15, 0.2) is 0 Å². The first kappa shape index (κ1) is 24.7. The molecular formula is C26H35N3O4S. The van der Waals surface area contributed by atoms with E-state index < -0.39 is 10.0 Å². The third kappa shape index (κ3) is 5.45. The molecular weight excluding hydrogens is 450 g/mol. The van der Waals surface area contributed by atoms with Crippen LogP contribution >= 0.6 is 0 Å². The zero-order valence-corrected chi connectivity index (χ0v) is 21.3. The van der Waals surface area contributed by atoms with Gasteiger partial charge in [0.1, 0.15) is 5.75 Å². The highest BCUT2D eigenvalue weighted by atomic mass is 32.2. The van der Waals surface area contributed by atoms with Gasteiger partial charge < -0.3 is 14.5 Å². The Bertz CT molecular complexity index is 1100. The van der Waals surface area contributed by atoms with Crippen LogP contribution in [-0.4, -0.2) is 70.5 Å². The zero-order valence-electron chi connectivity index (χ0n) is 20.5. The summed E-state index contributed by atoms with van der Waals surface area (Å²) in [4.78, 5) is 18.0. The number of carbonyl (C=O) groups is 1. The van der Waals surface area contributed by atoms with Gasteiger partial charge >= 0.3 is 0 Å². The molecule has 0 spiro atoms. The van der Waals surface area contributed by atoms with Crippen molar-refractivity contribution in [1.82, 2.24) is 14.5 Å². The fourth-order valence-corrected chi connectivity index (χ4v) is 6.71. The minimum atomic E-state index is -3.69. The number of likely N-dealkylation sites (N-methyl/N-ethyl adjacent to an activating group) is 1. The molecule has 0 radical (unpaired) electrons. The van der Waals surface area contributed by atoms with Crippen LogP contribution in [0, 0.1) is 19.8 Å². The van der Waals surface area contributed by atoms with Crippen molar-refractivity contribution in [2.45, 2.75) is 43.5 Å². The summed E-state index contributed by atoms with van der Waals surface area (Å²) in [7, 11) is 0.00410. The number of hydrogen-bond acceptors (Lipinski definition) is 5. The van der Waals surface area contributed by atoms with Gasteiger partial charge in [-0.25, -0.2) is 13.1 Å². The van der Waals surface area contributed by atoms with Gasteiger partial charge in [-0.05, 0) is 80.6 Å². The molecule has 0 aromatic heterocycles. The van der Waals surface area contributed by atoms with Gasteiger partial charge in [-0.3, -0.25) is 4.79 Å². The van der Waals surface area contributed by atoms with Crippen molar-refractivity contribution in [2.24, 2.45) is 5.92 Å². The van der Waals surface area contributed by atoms with Crippen molar-refractivity contribution in [3.05, 3.63) is 59.2 Å². The Hall–Kier alpha value is -2.42. The van der Waals surface area contributed by atoms with Gasteiger partial charge in [0.25, 0.3) is 0 Å². The zero-order chi connectivity index (χ0) is 24.5. The van der Waals surface area contributed by atoms with Gasteiger partial charge in [-0.2, -0.15) is 0 Å². The van der Waals surface area contributed by atoms with E-state index in [9.17, 15) is 13.2 Å². The quantitative estimate of drug-likeness (QED) is 0.681. The summed E-state index contributed by atoms with van der Waals surface area (Å²) in [5.41, 5.74) is 2.86. The van der Waals surface area contributed by atoms with Crippen LogP contribution in [0.25, 0.3) is 0 Å². The van der Waals surface area contributed by atoms with Crippen LogP contribution < -0.4 is 9.46 Å². The second kappa shape index (κ2) is 10.1. The summed E-state index contributed by atoms with van der Waals surface area (Å²) in [6.45, 7) is 6.92. The van der Waals surface area contributed by atoms with Crippen LogP contribution in [0.1, 0.15) is 35.4 Å². The molecule has 7 nitrogen and oxygen atoms in total. The second-order valence-electron chi connectivity index (χ2n) is 9.73. The van der Waals surface area contributed by atoms with Crippen LogP contribution in [-0.2, 0) is 14.8 Å². The molecule has 2 aromatic carbocycles. The average molecular weight is 486 g/mol. The summed E-state index contributed by atoms with van der Waals surface area (Å²) < 4.78 is 34.6. The van der Waals surface area contributed by atoms with E-state index in [1.807, 2.05) is 49.1 Å². The van der Waals surface area contributed by atoms with Crippen molar-refractivity contribution in [3.8, 4) is 5.75 Å². The molecule has 4 rings (SSSR count). The molecule has 0 bridgehead atoms. The minimum Gasteiger partial charge on any atom is -0.497 e. The highest BCUT2D eigenvalue weighted by Gasteiger charge is 2.43. The Morgan fingerprint density at radius 1 is 0.971 bits per heavy atom. The molecule has 2 aliphatic rings. The number of carbonyl (C=O) groups excluding carboxylic acids is 1. The number of piperazine rings is 1. The van der Waals surface area contributed by atoms with Crippen molar-refractivity contribution in [3.63, 3.8) is 0 Å². The van der Waals surface area contributed by atoms with E-state index in [1.54, 1.807) is 19.2 Å². The first-order chi connectivity index (χ1) is 16.2. The number of methoxy groups -OCH3 is 1. The number of amides is 1. The smallest absolute Gasteiger partial charge is 0.240 e. The predicted molar refractivity (Wildman–Crippen MR) is 133 cm³/mol. The van der Waals surface area contributed by atoms with Crippen LogP contribution in [0.5, 0.6) is 5.75 Å². The maximum atomic E-state index is 13.6. The fourth-order valence-electron chi connectivity index (χ4n) is 5.26. The normalized spacial score (nSPS) is 23.8.